The molecule has 2 fully saturated rings. The zero-order valence-corrected chi connectivity index (χ0v) is 9.67. The predicted molar refractivity (Wildman–Crippen MR) is 60.6 cm³/mol. The molecule has 2 rings (SSSR count). The van der Waals surface area contributed by atoms with Crippen molar-refractivity contribution in [3.63, 3.8) is 0 Å². The zero-order valence-electron chi connectivity index (χ0n) is 9.67. The minimum atomic E-state index is 0.309. The first-order valence-corrected chi connectivity index (χ1v) is 6.22. The summed E-state index contributed by atoms with van der Waals surface area (Å²) in [5.74, 6) is 1.32. The predicted octanol–water partition coefficient (Wildman–Crippen LogP) is 1.24. The lowest BCUT2D eigenvalue weighted by Crippen LogP contribution is -2.49. The molecule has 0 spiro atoms. The number of likely N-dealkylation sites (tertiary alicyclic amines) is 1. The zero-order chi connectivity index (χ0) is 10.7. The quantitative estimate of drug-likeness (QED) is 0.760. The molecule has 2 aliphatic rings. The summed E-state index contributed by atoms with van der Waals surface area (Å²) in [5.41, 5.74) is 0. The SMILES string of the molecule is CN1CC(CNC(=O)C2CCCCC2)C1. The fourth-order valence-electron chi connectivity index (χ4n) is 2.71. The Labute approximate surface area is 92.2 Å². The molecule has 3 nitrogen and oxygen atoms in total. The largest absolute Gasteiger partial charge is 0.355 e. The van der Waals surface area contributed by atoms with Crippen molar-refractivity contribution in [2.75, 3.05) is 26.7 Å². The van der Waals surface area contributed by atoms with Crippen molar-refractivity contribution in [1.82, 2.24) is 10.2 Å². The van der Waals surface area contributed by atoms with E-state index in [9.17, 15) is 4.79 Å². The van der Waals surface area contributed by atoms with Gasteiger partial charge in [0.2, 0.25) is 5.91 Å². The summed E-state index contributed by atoms with van der Waals surface area (Å²) in [6.07, 6.45) is 6.01. The Balaban J connectivity index is 1.63. The molecule has 86 valence electrons. The lowest BCUT2D eigenvalue weighted by atomic mass is 9.88. The summed E-state index contributed by atoms with van der Waals surface area (Å²) in [5, 5.41) is 3.11. The van der Waals surface area contributed by atoms with Crippen LogP contribution < -0.4 is 5.32 Å². The number of carbonyl (C=O) groups is 1. The highest BCUT2D eigenvalue weighted by molar-refractivity contribution is 5.78. The van der Waals surface area contributed by atoms with Crippen molar-refractivity contribution in [3.8, 4) is 0 Å². The lowest BCUT2D eigenvalue weighted by Gasteiger charge is -2.36. The second kappa shape index (κ2) is 4.97. The van der Waals surface area contributed by atoms with Gasteiger partial charge in [-0.1, -0.05) is 19.3 Å². The minimum absolute atomic E-state index is 0.309. The number of rotatable bonds is 3. The Hall–Kier alpha value is -0.570. The Bertz CT molecular complexity index is 218. The van der Waals surface area contributed by atoms with E-state index in [1.165, 1.54) is 19.3 Å². The molecular formula is C12H22N2O. The molecule has 0 aromatic rings. The van der Waals surface area contributed by atoms with Gasteiger partial charge in [-0.25, -0.2) is 0 Å². The highest BCUT2D eigenvalue weighted by Crippen LogP contribution is 2.23. The Morgan fingerprint density at radius 3 is 2.53 bits per heavy atom. The highest BCUT2D eigenvalue weighted by Gasteiger charge is 2.25. The fraction of sp³-hybridized carbons (Fsp3) is 0.917. The van der Waals surface area contributed by atoms with Gasteiger partial charge >= 0.3 is 0 Å². The molecule has 1 aliphatic carbocycles. The molecule has 1 N–H and O–H groups in total. The number of hydrogen-bond donors (Lipinski definition) is 1. The van der Waals surface area contributed by atoms with E-state index in [0.29, 0.717) is 17.7 Å². The monoisotopic (exact) mass is 210 g/mol. The van der Waals surface area contributed by atoms with Crippen molar-refractivity contribution in [2.24, 2.45) is 11.8 Å². The van der Waals surface area contributed by atoms with E-state index >= 15 is 0 Å². The smallest absolute Gasteiger partial charge is 0.223 e. The van der Waals surface area contributed by atoms with Crippen molar-refractivity contribution >= 4 is 5.91 Å². The van der Waals surface area contributed by atoms with E-state index in [2.05, 4.69) is 17.3 Å². The van der Waals surface area contributed by atoms with Crippen LogP contribution in [-0.2, 0) is 4.79 Å². The third-order valence-corrected chi connectivity index (χ3v) is 3.68. The van der Waals surface area contributed by atoms with Crippen molar-refractivity contribution < 1.29 is 4.79 Å². The van der Waals surface area contributed by atoms with Crippen LogP contribution in [0.3, 0.4) is 0 Å². The van der Waals surface area contributed by atoms with E-state index in [0.717, 1.165) is 32.5 Å². The molecular weight excluding hydrogens is 188 g/mol. The van der Waals surface area contributed by atoms with E-state index in [1.54, 1.807) is 0 Å². The third-order valence-electron chi connectivity index (χ3n) is 3.68. The Kier molecular flexibility index (Phi) is 3.62. The van der Waals surface area contributed by atoms with Gasteiger partial charge in [-0.2, -0.15) is 0 Å². The van der Waals surface area contributed by atoms with Crippen molar-refractivity contribution in [2.45, 2.75) is 32.1 Å². The normalized spacial score (nSPS) is 24.9. The molecule has 0 bridgehead atoms. The molecule has 0 atom stereocenters. The van der Waals surface area contributed by atoms with Crippen LogP contribution in [0, 0.1) is 11.8 Å². The fourth-order valence-corrected chi connectivity index (χ4v) is 2.71. The standard InChI is InChI=1S/C12H22N2O/c1-14-8-10(9-14)7-13-12(15)11-5-3-2-4-6-11/h10-11H,2-9H2,1H3,(H,13,15). The molecule has 1 amide bonds. The number of amides is 1. The first-order chi connectivity index (χ1) is 7.25. The molecule has 0 unspecified atom stereocenters. The summed E-state index contributed by atoms with van der Waals surface area (Å²) >= 11 is 0. The molecule has 1 saturated heterocycles. The third kappa shape index (κ3) is 2.94. The van der Waals surface area contributed by atoms with Crippen LogP contribution in [0.5, 0.6) is 0 Å². The van der Waals surface area contributed by atoms with Crippen LogP contribution >= 0.6 is 0 Å². The molecule has 0 aromatic heterocycles. The van der Waals surface area contributed by atoms with Crippen LogP contribution in [0.2, 0.25) is 0 Å². The topological polar surface area (TPSA) is 32.3 Å². The molecule has 15 heavy (non-hydrogen) atoms. The summed E-state index contributed by atoms with van der Waals surface area (Å²) in [6.45, 7) is 3.18. The summed E-state index contributed by atoms with van der Waals surface area (Å²) in [4.78, 5) is 14.1. The van der Waals surface area contributed by atoms with Gasteiger partial charge in [0.05, 0.1) is 0 Å². The lowest BCUT2D eigenvalue weighted by molar-refractivity contribution is -0.126. The first kappa shape index (κ1) is 10.9. The average molecular weight is 210 g/mol. The minimum Gasteiger partial charge on any atom is -0.355 e. The molecule has 1 aliphatic heterocycles. The molecule has 3 heteroatoms. The molecule has 1 heterocycles. The maximum atomic E-state index is 11.8. The average Bonchev–Trinajstić information content (AvgIpc) is 2.23. The van der Waals surface area contributed by atoms with Gasteiger partial charge < -0.3 is 10.2 Å². The van der Waals surface area contributed by atoms with Gasteiger partial charge in [0.15, 0.2) is 0 Å². The second-order valence-corrected chi connectivity index (χ2v) is 5.17. The highest BCUT2D eigenvalue weighted by atomic mass is 16.1. The number of carbonyl (C=O) groups excluding carboxylic acids is 1. The van der Waals surface area contributed by atoms with Crippen molar-refractivity contribution in [3.05, 3.63) is 0 Å². The van der Waals surface area contributed by atoms with Gasteiger partial charge in [0.1, 0.15) is 0 Å². The van der Waals surface area contributed by atoms with Crippen LogP contribution in [0.15, 0.2) is 0 Å². The van der Waals surface area contributed by atoms with E-state index in [1.807, 2.05) is 0 Å². The van der Waals surface area contributed by atoms with E-state index in [-0.39, 0.29) is 0 Å². The van der Waals surface area contributed by atoms with Gasteiger partial charge in [0, 0.05) is 31.5 Å². The molecule has 0 aromatic carbocycles. The van der Waals surface area contributed by atoms with E-state index in [4.69, 9.17) is 0 Å². The van der Waals surface area contributed by atoms with Gasteiger partial charge in [-0.3, -0.25) is 4.79 Å². The van der Waals surface area contributed by atoms with Crippen LogP contribution in [0.4, 0.5) is 0 Å². The van der Waals surface area contributed by atoms with Gasteiger partial charge in [-0.15, -0.1) is 0 Å². The van der Waals surface area contributed by atoms with Gasteiger partial charge in [-0.05, 0) is 19.9 Å². The van der Waals surface area contributed by atoms with E-state index < -0.39 is 0 Å². The number of nitrogens with one attached hydrogen (secondary N) is 1. The van der Waals surface area contributed by atoms with Crippen LogP contribution in [0.1, 0.15) is 32.1 Å². The first-order valence-electron chi connectivity index (χ1n) is 6.22. The second-order valence-electron chi connectivity index (χ2n) is 5.17. The maximum absolute atomic E-state index is 11.8. The van der Waals surface area contributed by atoms with Gasteiger partial charge in [0.25, 0.3) is 0 Å². The maximum Gasteiger partial charge on any atom is 0.223 e. The Morgan fingerprint density at radius 1 is 1.27 bits per heavy atom. The Morgan fingerprint density at radius 2 is 1.93 bits per heavy atom. The van der Waals surface area contributed by atoms with Crippen LogP contribution in [0.25, 0.3) is 0 Å². The van der Waals surface area contributed by atoms with Crippen molar-refractivity contribution in [1.29, 1.82) is 0 Å². The number of hydrogen-bond acceptors (Lipinski definition) is 2. The van der Waals surface area contributed by atoms with Crippen LogP contribution in [-0.4, -0.2) is 37.5 Å². The number of nitrogens with zero attached hydrogens (tertiary/aromatic N) is 1. The summed E-state index contributed by atoms with van der Waals surface area (Å²) in [7, 11) is 2.12. The molecule has 1 saturated carbocycles. The summed E-state index contributed by atoms with van der Waals surface area (Å²) in [6, 6.07) is 0. The molecule has 0 radical (unpaired) electrons. The summed E-state index contributed by atoms with van der Waals surface area (Å²) < 4.78 is 0.